The highest BCUT2D eigenvalue weighted by Gasteiger charge is 2.33. The molecule has 8 heteroatoms. The molecule has 1 amide bonds. The smallest absolute Gasteiger partial charge is 0.410 e. The molecule has 0 spiro atoms. The predicted octanol–water partition coefficient (Wildman–Crippen LogP) is 2.42. The molecule has 1 aromatic heterocycles. The molecule has 0 unspecified atom stereocenters. The first kappa shape index (κ1) is 15.6. The normalized spacial score (nSPS) is 18.9. The second-order valence-electron chi connectivity index (χ2n) is 5.96. The summed E-state index contributed by atoms with van der Waals surface area (Å²) in [6.07, 6.45) is 1.51. The second-order valence-corrected chi connectivity index (χ2v) is 6.37. The Hall–Kier alpha value is -1.76. The first-order chi connectivity index (χ1) is 9.69. The van der Waals surface area contributed by atoms with Crippen LogP contribution in [0.1, 0.15) is 43.7 Å². The van der Waals surface area contributed by atoms with Crippen LogP contribution in [0.4, 0.5) is 4.79 Å². The summed E-state index contributed by atoms with van der Waals surface area (Å²) in [7, 11) is 0. The summed E-state index contributed by atoms with van der Waals surface area (Å²) in [5.41, 5.74) is -0.608. The van der Waals surface area contributed by atoms with Gasteiger partial charge in [0.25, 0.3) is 0 Å². The van der Waals surface area contributed by atoms with Crippen LogP contribution in [0.5, 0.6) is 0 Å². The lowest BCUT2D eigenvalue weighted by molar-refractivity contribution is 0.0288. The molecule has 1 N–H and O–H groups in total. The number of nitrogens with zero attached hydrogens (tertiary/aromatic N) is 3. The lowest BCUT2D eigenvalue weighted by Crippen LogP contribution is -2.35. The van der Waals surface area contributed by atoms with Crippen molar-refractivity contribution in [2.24, 2.45) is 0 Å². The highest BCUT2D eigenvalue weighted by molar-refractivity contribution is 6.33. The number of carboxylic acid groups (broad SMARTS) is 1. The molecule has 0 radical (unpaired) electrons. The minimum atomic E-state index is -1.13. The highest BCUT2D eigenvalue weighted by atomic mass is 35.5. The molecule has 1 atom stereocenters. The quantitative estimate of drug-likeness (QED) is 0.906. The standard InChI is InChI=1S/C13H18ClN3O4/c1-13(2,3)21-12(20)16-5-4-8(7-16)17-10(11(18)19)9(14)6-15-17/h6,8H,4-5,7H2,1-3H3,(H,18,19)/t8-/m1/s1. The maximum absolute atomic E-state index is 12.0. The molecule has 2 rings (SSSR count). The van der Waals surface area contributed by atoms with E-state index in [1.165, 1.54) is 10.9 Å². The zero-order chi connectivity index (χ0) is 15.8. The van der Waals surface area contributed by atoms with Gasteiger partial charge in [0.15, 0.2) is 5.69 Å². The first-order valence-corrected chi connectivity index (χ1v) is 7.01. The maximum Gasteiger partial charge on any atom is 0.410 e. The van der Waals surface area contributed by atoms with Gasteiger partial charge in [0.1, 0.15) is 5.60 Å². The average molecular weight is 316 g/mol. The topological polar surface area (TPSA) is 84.7 Å². The maximum atomic E-state index is 12.0. The molecule has 1 aliphatic rings. The molecule has 1 aliphatic heterocycles. The Labute approximate surface area is 127 Å². The number of aromatic nitrogens is 2. The van der Waals surface area contributed by atoms with E-state index in [2.05, 4.69) is 5.10 Å². The van der Waals surface area contributed by atoms with E-state index < -0.39 is 17.7 Å². The van der Waals surface area contributed by atoms with Gasteiger partial charge in [0.05, 0.1) is 17.3 Å². The molecule has 0 bridgehead atoms. The minimum absolute atomic E-state index is 0.0484. The fraction of sp³-hybridized carbons (Fsp3) is 0.615. The largest absolute Gasteiger partial charge is 0.476 e. The number of halogens is 1. The molecule has 1 fully saturated rings. The molecule has 1 aromatic rings. The van der Waals surface area contributed by atoms with Crippen LogP contribution in [0.25, 0.3) is 0 Å². The Kier molecular flexibility index (Phi) is 4.13. The van der Waals surface area contributed by atoms with Crippen molar-refractivity contribution >= 4 is 23.7 Å². The van der Waals surface area contributed by atoms with Gasteiger partial charge in [0, 0.05) is 13.1 Å². The number of likely N-dealkylation sites (tertiary alicyclic amines) is 1. The third kappa shape index (κ3) is 3.47. The fourth-order valence-corrected chi connectivity index (χ4v) is 2.46. The number of carbonyl (C=O) groups is 2. The first-order valence-electron chi connectivity index (χ1n) is 6.63. The van der Waals surface area contributed by atoms with E-state index >= 15 is 0 Å². The van der Waals surface area contributed by atoms with Gasteiger partial charge in [0.2, 0.25) is 0 Å². The number of carboxylic acids is 1. The van der Waals surface area contributed by atoms with E-state index in [1.807, 2.05) is 0 Å². The van der Waals surface area contributed by atoms with Crippen molar-refractivity contribution in [3.63, 3.8) is 0 Å². The van der Waals surface area contributed by atoms with Crippen molar-refractivity contribution in [2.45, 2.75) is 38.8 Å². The summed E-state index contributed by atoms with van der Waals surface area (Å²) in [4.78, 5) is 24.8. The van der Waals surface area contributed by atoms with Gasteiger partial charge in [-0.25, -0.2) is 9.59 Å². The van der Waals surface area contributed by atoms with Gasteiger partial charge in [-0.05, 0) is 27.2 Å². The monoisotopic (exact) mass is 315 g/mol. The molecule has 21 heavy (non-hydrogen) atoms. The van der Waals surface area contributed by atoms with E-state index in [0.29, 0.717) is 19.5 Å². The van der Waals surface area contributed by atoms with Gasteiger partial charge in [-0.15, -0.1) is 0 Å². The van der Waals surface area contributed by atoms with Crippen LogP contribution in [-0.4, -0.2) is 50.5 Å². The SMILES string of the molecule is CC(C)(C)OC(=O)N1CC[C@@H](n2ncc(Cl)c2C(=O)O)C1. The summed E-state index contributed by atoms with van der Waals surface area (Å²) in [5, 5.41) is 13.3. The van der Waals surface area contributed by atoms with Gasteiger partial charge in [-0.3, -0.25) is 4.68 Å². The van der Waals surface area contributed by atoms with Crippen LogP contribution in [-0.2, 0) is 4.74 Å². The zero-order valence-corrected chi connectivity index (χ0v) is 12.9. The van der Waals surface area contributed by atoms with E-state index in [4.69, 9.17) is 16.3 Å². The number of amides is 1. The molecule has 0 saturated carbocycles. The Morgan fingerprint density at radius 1 is 1.48 bits per heavy atom. The van der Waals surface area contributed by atoms with Crippen molar-refractivity contribution in [1.29, 1.82) is 0 Å². The van der Waals surface area contributed by atoms with Crippen molar-refractivity contribution < 1.29 is 19.4 Å². The summed E-state index contributed by atoms with van der Waals surface area (Å²) in [5.74, 6) is -1.13. The van der Waals surface area contributed by atoms with Crippen molar-refractivity contribution in [2.75, 3.05) is 13.1 Å². The Bertz CT molecular complexity index is 564. The number of hydrogen-bond acceptors (Lipinski definition) is 4. The van der Waals surface area contributed by atoms with E-state index in [1.54, 1.807) is 25.7 Å². The summed E-state index contributed by atoms with van der Waals surface area (Å²) >= 11 is 5.84. The molecule has 0 aliphatic carbocycles. The number of carbonyl (C=O) groups excluding carboxylic acids is 1. The van der Waals surface area contributed by atoms with Crippen molar-refractivity contribution in [3.05, 3.63) is 16.9 Å². The fourth-order valence-electron chi connectivity index (χ4n) is 2.25. The van der Waals surface area contributed by atoms with Gasteiger partial charge >= 0.3 is 12.1 Å². The third-order valence-electron chi connectivity index (χ3n) is 3.11. The molecule has 2 heterocycles. The zero-order valence-electron chi connectivity index (χ0n) is 12.2. The van der Waals surface area contributed by atoms with E-state index in [-0.39, 0.29) is 16.8 Å². The summed E-state index contributed by atoms with van der Waals surface area (Å²) in [6.45, 7) is 6.25. The van der Waals surface area contributed by atoms with Crippen LogP contribution < -0.4 is 0 Å². The van der Waals surface area contributed by atoms with Crippen molar-refractivity contribution in [3.8, 4) is 0 Å². The van der Waals surface area contributed by atoms with Gasteiger partial charge in [-0.1, -0.05) is 11.6 Å². The number of ether oxygens (including phenoxy) is 1. The van der Waals surface area contributed by atoms with Gasteiger partial charge in [-0.2, -0.15) is 5.10 Å². The third-order valence-corrected chi connectivity index (χ3v) is 3.39. The Balaban J connectivity index is 2.10. The van der Waals surface area contributed by atoms with Gasteiger partial charge < -0.3 is 14.7 Å². The lowest BCUT2D eigenvalue weighted by Gasteiger charge is -2.24. The average Bonchev–Trinajstić information content (AvgIpc) is 2.92. The predicted molar refractivity (Wildman–Crippen MR) is 75.7 cm³/mol. The van der Waals surface area contributed by atoms with Crippen LogP contribution in [0.2, 0.25) is 5.02 Å². The summed E-state index contributed by atoms with van der Waals surface area (Å²) in [6, 6.07) is -0.212. The van der Waals surface area contributed by atoms with Crippen LogP contribution >= 0.6 is 11.6 Å². The highest BCUT2D eigenvalue weighted by Crippen LogP contribution is 2.27. The molecule has 0 aromatic carbocycles. The van der Waals surface area contributed by atoms with E-state index in [9.17, 15) is 14.7 Å². The minimum Gasteiger partial charge on any atom is -0.476 e. The molecule has 1 saturated heterocycles. The van der Waals surface area contributed by atoms with Crippen LogP contribution in [0.15, 0.2) is 6.20 Å². The number of aromatic carboxylic acids is 1. The second kappa shape index (κ2) is 5.55. The molecular weight excluding hydrogens is 298 g/mol. The van der Waals surface area contributed by atoms with Crippen LogP contribution in [0.3, 0.4) is 0 Å². The molecular formula is C13H18ClN3O4. The molecule has 7 nitrogen and oxygen atoms in total. The van der Waals surface area contributed by atoms with E-state index in [0.717, 1.165) is 0 Å². The Morgan fingerprint density at radius 2 is 2.14 bits per heavy atom. The Morgan fingerprint density at radius 3 is 2.71 bits per heavy atom. The number of rotatable bonds is 2. The summed E-state index contributed by atoms with van der Waals surface area (Å²) < 4.78 is 6.67. The molecule has 116 valence electrons. The lowest BCUT2D eigenvalue weighted by atomic mass is 10.2. The van der Waals surface area contributed by atoms with Crippen molar-refractivity contribution in [1.82, 2.24) is 14.7 Å². The number of hydrogen-bond donors (Lipinski definition) is 1. The van der Waals surface area contributed by atoms with Crippen LogP contribution in [0, 0.1) is 0 Å².